The number of hydrogen-bond acceptors (Lipinski definition) is 6. The molecule has 0 spiro atoms. The molecular weight excluding hydrogens is 248 g/mol. The monoisotopic (exact) mass is 262 g/mol. The molecule has 2 aromatic rings. The van der Waals surface area contributed by atoms with Gasteiger partial charge in [-0.3, -0.25) is 4.68 Å². The van der Waals surface area contributed by atoms with E-state index >= 15 is 0 Å². The molecule has 0 saturated heterocycles. The highest BCUT2D eigenvalue weighted by atomic mass is 16.7. The van der Waals surface area contributed by atoms with Crippen LogP contribution in [0.4, 0.5) is 0 Å². The molecule has 7 nitrogen and oxygen atoms in total. The zero-order valence-corrected chi connectivity index (χ0v) is 10.2. The lowest BCUT2D eigenvalue weighted by Crippen LogP contribution is -2.19. The number of phenolic OH excluding ortho intramolecular Hbond substituents is 1. The van der Waals surface area contributed by atoms with E-state index in [1.54, 1.807) is 29.2 Å². The van der Waals surface area contributed by atoms with Crippen molar-refractivity contribution in [2.45, 2.75) is 13.1 Å². The van der Waals surface area contributed by atoms with E-state index in [1.165, 1.54) is 0 Å². The third kappa shape index (κ3) is 2.60. The van der Waals surface area contributed by atoms with Crippen LogP contribution in [0.3, 0.4) is 0 Å². The van der Waals surface area contributed by atoms with E-state index in [-0.39, 0.29) is 12.5 Å². The highest BCUT2D eigenvalue weighted by molar-refractivity contribution is 5.51. The number of phenols is 1. The standard InChI is InChI=1S/C12H14N4O3/c17-10-6-12-11(18-8-19-12)5-9(10)7-13-1-3-16-4-2-14-15-16/h2,4-6,13,17H,1,3,7-8H2. The summed E-state index contributed by atoms with van der Waals surface area (Å²) >= 11 is 0. The number of benzene rings is 1. The van der Waals surface area contributed by atoms with Gasteiger partial charge in [0.05, 0.1) is 12.7 Å². The van der Waals surface area contributed by atoms with Crippen molar-refractivity contribution in [1.82, 2.24) is 20.3 Å². The number of ether oxygens (including phenoxy) is 2. The van der Waals surface area contributed by atoms with Crippen molar-refractivity contribution in [3.63, 3.8) is 0 Å². The average molecular weight is 262 g/mol. The van der Waals surface area contributed by atoms with Crippen molar-refractivity contribution < 1.29 is 14.6 Å². The summed E-state index contributed by atoms with van der Waals surface area (Å²) in [6.07, 6.45) is 3.45. The second-order valence-electron chi connectivity index (χ2n) is 4.18. The Morgan fingerprint density at radius 2 is 2.16 bits per heavy atom. The van der Waals surface area contributed by atoms with E-state index < -0.39 is 0 Å². The van der Waals surface area contributed by atoms with Gasteiger partial charge in [0.15, 0.2) is 11.5 Å². The molecular formula is C12H14N4O3. The fraction of sp³-hybridized carbons (Fsp3) is 0.333. The van der Waals surface area contributed by atoms with Crippen molar-refractivity contribution in [2.24, 2.45) is 0 Å². The van der Waals surface area contributed by atoms with Crippen LogP contribution in [0.5, 0.6) is 17.2 Å². The molecule has 0 atom stereocenters. The minimum atomic E-state index is 0.206. The third-order valence-electron chi connectivity index (χ3n) is 2.88. The van der Waals surface area contributed by atoms with Crippen molar-refractivity contribution in [3.8, 4) is 17.2 Å². The van der Waals surface area contributed by atoms with Crippen molar-refractivity contribution in [1.29, 1.82) is 0 Å². The van der Waals surface area contributed by atoms with Gasteiger partial charge in [-0.05, 0) is 6.07 Å². The van der Waals surface area contributed by atoms with Gasteiger partial charge in [0.1, 0.15) is 5.75 Å². The maximum absolute atomic E-state index is 9.85. The Kier molecular flexibility index (Phi) is 3.20. The molecule has 1 aliphatic rings. The number of fused-ring (bicyclic) bond motifs is 1. The fourth-order valence-electron chi connectivity index (χ4n) is 1.88. The van der Waals surface area contributed by atoms with E-state index in [9.17, 15) is 5.11 Å². The van der Waals surface area contributed by atoms with Crippen LogP contribution < -0.4 is 14.8 Å². The number of rotatable bonds is 5. The van der Waals surface area contributed by atoms with Gasteiger partial charge in [-0.25, -0.2) is 0 Å². The number of aromatic hydroxyl groups is 1. The lowest BCUT2D eigenvalue weighted by molar-refractivity contribution is 0.174. The Hall–Kier alpha value is -2.28. The van der Waals surface area contributed by atoms with Crippen LogP contribution in [0.1, 0.15) is 5.56 Å². The summed E-state index contributed by atoms with van der Waals surface area (Å²) in [7, 11) is 0. The number of hydrogen-bond donors (Lipinski definition) is 2. The molecule has 0 saturated carbocycles. The largest absolute Gasteiger partial charge is 0.507 e. The Labute approximate surface area is 109 Å². The summed E-state index contributed by atoms with van der Waals surface area (Å²) in [4.78, 5) is 0. The van der Waals surface area contributed by atoms with Crippen LogP contribution in [-0.4, -0.2) is 33.4 Å². The molecule has 0 fully saturated rings. The van der Waals surface area contributed by atoms with Crippen LogP contribution in [0.25, 0.3) is 0 Å². The molecule has 7 heteroatoms. The Morgan fingerprint density at radius 1 is 1.32 bits per heavy atom. The second kappa shape index (κ2) is 5.15. The maximum atomic E-state index is 9.85. The minimum absolute atomic E-state index is 0.206. The van der Waals surface area contributed by atoms with Crippen LogP contribution in [-0.2, 0) is 13.1 Å². The highest BCUT2D eigenvalue weighted by Gasteiger charge is 2.16. The smallest absolute Gasteiger partial charge is 0.231 e. The number of nitrogens with one attached hydrogen (secondary N) is 1. The van der Waals surface area contributed by atoms with E-state index in [4.69, 9.17) is 9.47 Å². The van der Waals surface area contributed by atoms with E-state index in [2.05, 4.69) is 15.6 Å². The quantitative estimate of drug-likeness (QED) is 0.764. The molecule has 0 radical (unpaired) electrons. The summed E-state index contributed by atoms with van der Waals surface area (Å²) < 4.78 is 12.2. The fourth-order valence-corrected chi connectivity index (χ4v) is 1.88. The molecule has 19 heavy (non-hydrogen) atoms. The van der Waals surface area contributed by atoms with Crippen LogP contribution >= 0.6 is 0 Å². The Morgan fingerprint density at radius 3 is 2.95 bits per heavy atom. The molecule has 2 heterocycles. The topological polar surface area (TPSA) is 81.4 Å². The van der Waals surface area contributed by atoms with Gasteiger partial charge < -0.3 is 19.9 Å². The highest BCUT2D eigenvalue weighted by Crippen LogP contribution is 2.37. The molecule has 100 valence electrons. The molecule has 0 amide bonds. The van der Waals surface area contributed by atoms with Crippen LogP contribution in [0.15, 0.2) is 24.5 Å². The van der Waals surface area contributed by atoms with Gasteiger partial charge in [-0.2, -0.15) is 0 Å². The average Bonchev–Trinajstić information content (AvgIpc) is 3.05. The van der Waals surface area contributed by atoms with Gasteiger partial charge in [0.2, 0.25) is 6.79 Å². The first-order valence-electron chi connectivity index (χ1n) is 5.99. The summed E-state index contributed by atoms with van der Waals surface area (Å²) in [6.45, 7) is 2.22. The zero-order valence-electron chi connectivity index (χ0n) is 10.2. The summed E-state index contributed by atoms with van der Waals surface area (Å²) in [5, 5.41) is 20.7. The molecule has 1 aromatic carbocycles. The lowest BCUT2D eigenvalue weighted by Gasteiger charge is -2.08. The maximum Gasteiger partial charge on any atom is 0.231 e. The number of aromatic nitrogens is 3. The normalized spacial score (nSPS) is 12.8. The molecule has 0 unspecified atom stereocenters. The summed E-state index contributed by atoms with van der Waals surface area (Å²) in [6, 6.07) is 3.37. The third-order valence-corrected chi connectivity index (χ3v) is 2.88. The van der Waals surface area contributed by atoms with Gasteiger partial charge >= 0.3 is 0 Å². The second-order valence-corrected chi connectivity index (χ2v) is 4.18. The molecule has 0 aliphatic carbocycles. The first kappa shape index (κ1) is 11.8. The first-order valence-corrected chi connectivity index (χ1v) is 5.99. The van der Waals surface area contributed by atoms with Crippen LogP contribution in [0, 0.1) is 0 Å². The SMILES string of the molecule is Oc1cc2c(cc1CNCCn1ccnn1)OCO2. The molecule has 1 aromatic heterocycles. The molecule has 3 rings (SSSR count). The first-order chi connectivity index (χ1) is 9.33. The molecule has 0 bridgehead atoms. The van der Waals surface area contributed by atoms with E-state index in [0.717, 1.165) is 18.7 Å². The van der Waals surface area contributed by atoms with Crippen LogP contribution in [0.2, 0.25) is 0 Å². The summed E-state index contributed by atoms with van der Waals surface area (Å²) in [5.74, 6) is 1.47. The van der Waals surface area contributed by atoms with E-state index in [0.29, 0.717) is 18.0 Å². The zero-order chi connectivity index (χ0) is 13.1. The predicted molar refractivity (Wildman–Crippen MR) is 66.0 cm³/mol. The van der Waals surface area contributed by atoms with Gasteiger partial charge in [-0.1, -0.05) is 5.21 Å². The van der Waals surface area contributed by atoms with Crippen molar-refractivity contribution in [3.05, 3.63) is 30.1 Å². The Bertz CT molecular complexity index is 556. The minimum Gasteiger partial charge on any atom is -0.507 e. The predicted octanol–water partition coefficient (Wildman–Crippen LogP) is 0.502. The molecule has 1 aliphatic heterocycles. The van der Waals surface area contributed by atoms with Crippen molar-refractivity contribution in [2.75, 3.05) is 13.3 Å². The van der Waals surface area contributed by atoms with E-state index in [1.807, 2.05) is 0 Å². The van der Waals surface area contributed by atoms with Crippen molar-refractivity contribution >= 4 is 0 Å². The summed E-state index contributed by atoms with van der Waals surface area (Å²) in [5.41, 5.74) is 0.780. The van der Waals surface area contributed by atoms with Gasteiger partial charge in [0, 0.05) is 30.9 Å². The molecule has 2 N–H and O–H groups in total. The van der Waals surface area contributed by atoms with Gasteiger partial charge in [0.25, 0.3) is 0 Å². The van der Waals surface area contributed by atoms with Gasteiger partial charge in [-0.15, -0.1) is 5.10 Å². The number of nitrogens with zero attached hydrogens (tertiary/aromatic N) is 3. The Balaban J connectivity index is 1.55. The lowest BCUT2D eigenvalue weighted by atomic mass is 10.1.